The lowest BCUT2D eigenvalue weighted by Crippen LogP contribution is -2.36. The van der Waals surface area contributed by atoms with Crippen LogP contribution in [0.15, 0.2) is 42.9 Å². The van der Waals surface area contributed by atoms with Gasteiger partial charge < -0.3 is 9.88 Å². The van der Waals surface area contributed by atoms with Gasteiger partial charge in [-0.05, 0) is 36.8 Å². The van der Waals surface area contributed by atoms with Gasteiger partial charge in [-0.15, -0.1) is 10.2 Å². The maximum Gasteiger partial charge on any atom is 0.230 e. The first-order valence-corrected chi connectivity index (χ1v) is 11.1. The van der Waals surface area contributed by atoms with Crippen LogP contribution in [-0.2, 0) is 24.3 Å². The third-order valence-electron chi connectivity index (χ3n) is 6.23. The molecule has 1 amide bonds. The molecule has 1 N–H and O–H groups in total. The highest BCUT2D eigenvalue weighted by Crippen LogP contribution is 2.29. The number of benzene rings is 1. The summed E-state index contributed by atoms with van der Waals surface area (Å²) in [6.45, 7) is 4.56. The maximum absolute atomic E-state index is 12.9. The highest BCUT2D eigenvalue weighted by atomic mass is 16.1. The molecule has 0 fully saturated rings. The summed E-state index contributed by atoms with van der Waals surface area (Å²) >= 11 is 0. The first kappa shape index (κ1) is 19.8. The van der Waals surface area contributed by atoms with E-state index in [-0.39, 0.29) is 11.8 Å². The average molecular weight is 418 g/mol. The summed E-state index contributed by atoms with van der Waals surface area (Å²) in [5.74, 6) is 1.21. The first-order valence-electron chi connectivity index (χ1n) is 11.1. The summed E-state index contributed by atoms with van der Waals surface area (Å²) in [5, 5.41) is 11.8. The van der Waals surface area contributed by atoms with Gasteiger partial charge in [0.2, 0.25) is 5.91 Å². The Kier molecular flexibility index (Phi) is 5.71. The maximum atomic E-state index is 12.9. The molecule has 31 heavy (non-hydrogen) atoms. The van der Waals surface area contributed by atoms with E-state index in [1.54, 1.807) is 18.6 Å². The molecule has 0 radical (unpaired) electrons. The molecule has 5 rings (SSSR count). The molecule has 4 heterocycles. The van der Waals surface area contributed by atoms with Crippen molar-refractivity contribution in [3.63, 3.8) is 0 Å². The van der Waals surface area contributed by atoms with Crippen LogP contribution in [0.25, 0.3) is 11.5 Å². The van der Waals surface area contributed by atoms with E-state index in [2.05, 4.69) is 54.6 Å². The molecule has 8 heteroatoms. The quantitative estimate of drug-likeness (QED) is 0.619. The van der Waals surface area contributed by atoms with Crippen molar-refractivity contribution in [2.75, 3.05) is 19.6 Å². The summed E-state index contributed by atoms with van der Waals surface area (Å²) in [6, 6.07) is 8.68. The topological polar surface area (TPSA) is 88.8 Å². The molecular formula is C23H27N7O. The number of fused-ring (bicyclic) bond motifs is 2. The van der Waals surface area contributed by atoms with Gasteiger partial charge in [0.05, 0.1) is 12.1 Å². The largest absolute Gasteiger partial charge is 0.355 e. The molecule has 0 saturated heterocycles. The summed E-state index contributed by atoms with van der Waals surface area (Å²) in [6.07, 6.45) is 8.73. The zero-order valence-electron chi connectivity index (χ0n) is 17.6. The van der Waals surface area contributed by atoms with Crippen LogP contribution in [0.1, 0.15) is 42.1 Å². The molecule has 1 aromatic carbocycles. The zero-order chi connectivity index (χ0) is 21.0. The van der Waals surface area contributed by atoms with E-state index in [0.717, 1.165) is 57.7 Å². The van der Waals surface area contributed by atoms with Crippen molar-refractivity contribution in [3.8, 4) is 11.5 Å². The minimum atomic E-state index is -0.256. The molecule has 1 atom stereocenters. The normalized spacial score (nSPS) is 18.3. The molecule has 0 spiro atoms. The second-order valence-electron chi connectivity index (χ2n) is 8.26. The minimum absolute atomic E-state index is 0.0445. The van der Waals surface area contributed by atoms with Crippen LogP contribution in [-0.4, -0.2) is 55.2 Å². The third-order valence-corrected chi connectivity index (χ3v) is 6.23. The van der Waals surface area contributed by atoms with E-state index in [9.17, 15) is 4.79 Å². The fourth-order valence-corrected chi connectivity index (χ4v) is 4.61. The summed E-state index contributed by atoms with van der Waals surface area (Å²) in [7, 11) is 0. The van der Waals surface area contributed by atoms with Crippen LogP contribution in [0, 0.1) is 0 Å². The van der Waals surface area contributed by atoms with E-state index in [4.69, 9.17) is 0 Å². The monoisotopic (exact) mass is 417 g/mol. The number of amides is 1. The lowest BCUT2D eigenvalue weighted by molar-refractivity contribution is -0.123. The fourth-order valence-electron chi connectivity index (χ4n) is 4.61. The SMILES string of the molecule is O=C(NCCCN1CCc2ccccc2C1)C1CCCn2c(-c3cnccn3)nnc21. The molecule has 0 aliphatic carbocycles. The predicted octanol–water partition coefficient (Wildman–Crippen LogP) is 2.18. The van der Waals surface area contributed by atoms with Gasteiger partial charge in [0.1, 0.15) is 11.5 Å². The Morgan fingerprint density at radius 2 is 2.03 bits per heavy atom. The number of carbonyl (C=O) groups excluding carboxylic acids is 1. The average Bonchev–Trinajstić information content (AvgIpc) is 3.26. The molecule has 0 bridgehead atoms. The van der Waals surface area contributed by atoms with Gasteiger partial charge in [-0.3, -0.25) is 14.7 Å². The highest BCUT2D eigenvalue weighted by Gasteiger charge is 2.31. The van der Waals surface area contributed by atoms with E-state index in [1.807, 2.05) is 4.57 Å². The van der Waals surface area contributed by atoms with Gasteiger partial charge in [-0.1, -0.05) is 24.3 Å². The molecule has 1 unspecified atom stereocenters. The lowest BCUT2D eigenvalue weighted by atomic mass is 9.97. The van der Waals surface area contributed by atoms with Gasteiger partial charge in [0.15, 0.2) is 5.82 Å². The number of aromatic nitrogens is 5. The van der Waals surface area contributed by atoms with Crippen LogP contribution in [0.5, 0.6) is 0 Å². The Balaban J connectivity index is 1.15. The number of nitrogens with one attached hydrogen (secondary N) is 1. The zero-order valence-corrected chi connectivity index (χ0v) is 17.6. The molecule has 2 aliphatic heterocycles. The molecule has 0 saturated carbocycles. The van der Waals surface area contributed by atoms with Crippen molar-refractivity contribution < 1.29 is 4.79 Å². The minimum Gasteiger partial charge on any atom is -0.355 e. The van der Waals surface area contributed by atoms with E-state index >= 15 is 0 Å². The highest BCUT2D eigenvalue weighted by molar-refractivity contribution is 5.83. The Morgan fingerprint density at radius 1 is 1.13 bits per heavy atom. The van der Waals surface area contributed by atoms with Gasteiger partial charge in [0, 0.05) is 45.1 Å². The Labute approximate surface area is 181 Å². The van der Waals surface area contributed by atoms with Gasteiger partial charge in [-0.2, -0.15) is 0 Å². The summed E-state index contributed by atoms with van der Waals surface area (Å²) < 4.78 is 2.02. The van der Waals surface area contributed by atoms with Crippen molar-refractivity contribution in [2.45, 2.75) is 44.7 Å². The second kappa shape index (κ2) is 8.93. The molecule has 2 aromatic heterocycles. The van der Waals surface area contributed by atoms with E-state index in [1.165, 1.54) is 11.1 Å². The van der Waals surface area contributed by atoms with Crippen LogP contribution in [0.4, 0.5) is 0 Å². The van der Waals surface area contributed by atoms with Crippen molar-refractivity contribution in [3.05, 3.63) is 59.8 Å². The molecular weight excluding hydrogens is 390 g/mol. The third kappa shape index (κ3) is 4.20. The van der Waals surface area contributed by atoms with E-state index in [0.29, 0.717) is 18.1 Å². The first-order chi connectivity index (χ1) is 15.3. The van der Waals surface area contributed by atoms with Gasteiger partial charge >= 0.3 is 0 Å². The Hall–Kier alpha value is -3.13. The van der Waals surface area contributed by atoms with Crippen molar-refractivity contribution >= 4 is 5.91 Å². The van der Waals surface area contributed by atoms with Crippen molar-refractivity contribution in [1.29, 1.82) is 0 Å². The predicted molar refractivity (Wildman–Crippen MR) is 116 cm³/mol. The molecule has 8 nitrogen and oxygen atoms in total. The Bertz CT molecular complexity index is 1050. The smallest absolute Gasteiger partial charge is 0.230 e. The van der Waals surface area contributed by atoms with Crippen LogP contribution in [0.2, 0.25) is 0 Å². The standard InChI is InChI=1S/C23H27N7O/c31-23(26-9-4-12-29-14-8-17-5-1-2-6-18(17)16-29)19-7-3-13-30-21(19)27-28-22(30)20-15-24-10-11-25-20/h1-2,5-6,10-11,15,19H,3-4,7-9,12-14,16H2,(H,26,31). The van der Waals surface area contributed by atoms with Gasteiger partial charge in [-0.25, -0.2) is 4.98 Å². The van der Waals surface area contributed by atoms with Crippen LogP contribution in [0.3, 0.4) is 0 Å². The number of carbonyl (C=O) groups is 1. The number of rotatable bonds is 6. The van der Waals surface area contributed by atoms with Crippen LogP contribution >= 0.6 is 0 Å². The van der Waals surface area contributed by atoms with Crippen molar-refractivity contribution in [1.82, 2.24) is 34.9 Å². The van der Waals surface area contributed by atoms with E-state index < -0.39 is 0 Å². The van der Waals surface area contributed by atoms with Gasteiger partial charge in [0.25, 0.3) is 0 Å². The van der Waals surface area contributed by atoms with Crippen LogP contribution < -0.4 is 5.32 Å². The van der Waals surface area contributed by atoms with Crippen molar-refractivity contribution in [2.24, 2.45) is 0 Å². The fraction of sp³-hybridized carbons (Fsp3) is 0.435. The molecule has 160 valence electrons. The second-order valence-corrected chi connectivity index (χ2v) is 8.26. The molecule has 2 aliphatic rings. The Morgan fingerprint density at radius 3 is 2.90 bits per heavy atom. The number of hydrogen-bond donors (Lipinski definition) is 1. The summed E-state index contributed by atoms with van der Waals surface area (Å²) in [5.41, 5.74) is 3.58. The number of hydrogen-bond acceptors (Lipinski definition) is 6. The molecule has 3 aromatic rings. The lowest BCUT2D eigenvalue weighted by Gasteiger charge is -2.28. The summed E-state index contributed by atoms with van der Waals surface area (Å²) in [4.78, 5) is 23.8. The number of nitrogens with zero attached hydrogens (tertiary/aromatic N) is 6.